The van der Waals surface area contributed by atoms with E-state index in [9.17, 15) is 8.42 Å². The Balaban J connectivity index is 1.48. The van der Waals surface area contributed by atoms with Gasteiger partial charge in [0.1, 0.15) is 10.7 Å². The van der Waals surface area contributed by atoms with E-state index in [1.807, 2.05) is 12.1 Å². The molecule has 0 radical (unpaired) electrons. The quantitative estimate of drug-likeness (QED) is 0.749. The van der Waals surface area contributed by atoms with Crippen molar-refractivity contribution >= 4 is 27.4 Å². The van der Waals surface area contributed by atoms with E-state index >= 15 is 0 Å². The third kappa shape index (κ3) is 4.43. The summed E-state index contributed by atoms with van der Waals surface area (Å²) in [5, 5.41) is 4.13. The first-order valence-corrected chi connectivity index (χ1v) is 11.9. The van der Waals surface area contributed by atoms with E-state index in [4.69, 9.17) is 16.3 Å². The number of nitrogens with zero attached hydrogens (tertiary/aromatic N) is 2. The number of rotatable bonds is 6. The van der Waals surface area contributed by atoms with Crippen molar-refractivity contribution < 1.29 is 13.2 Å². The van der Waals surface area contributed by atoms with Gasteiger partial charge in [0.15, 0.2) is 0 Å². The van der Waals surface area contributed by atoms with E-state index in [-0.39, 0.29) is 10.3 Å². The third-order valence-corrected chi connectivity index (χ3v) is 8.09. The molecule has 0 aliphatic carbocycles. The van der Waals surface area contributed by atoms with Crippen molar-refractivity contribution in [1.82, 2.24) is 9.29 Å². The molecule has 3 heterocycles. The second kappa shape index (κ2) is 8.60. The molecule has 0 saturated carbocycles. The number of ether oxygens (including phenoxy) is 1. The van der Waals surface area contributed by atoms with Crippen LogP contribution < -0.4 is 5.32 Å². The van der Waals surface area contributed by atoms with Crippen LogP contribution in [0.1, 0.15) is 31.2 Å². The topological polar surface area (TPSA) is 71.5 Å². The fourth-order valence-electron chi connectivity index (χ4n) is 4.11. The Kier molecular flexibility index (Phi) is 6.11. The molecule has 0 bridgehead atoms. The molecule has 2 aliphatic rings. The molecule has 0 atom stereocenters. The lowest BCUT2D eigenvalue weighted by Crippen LogP contribution is -2.40. The van der Waals surface area contributed by atoms with Crippen LogP contribution in [0.15, 0.2) is 47.5 Å². The van der Waals surface area contributed by atoms with Crippen molar-refractivity contribution in [1.29, 1.82) is 0 Å². The summed E-state index contributed by atoms with van der Waals surface area (Å²) in [7, 11) is -3.44. The monoisotopic (exact) mass is 435 g/mol. The number of nitrogens with one attached hydrogen (secondary N) is 1. The number of sulfonamides is 1. The van der Waals surface area contributed by atoms with Gasteiger partial charge in [-0.15, -0.1) is 0 Å². The Bertz CT molecular complexity index is 921. The lowest BCUT2D eigenvalue weighted by molar-refractivity contribution is 0.0543. The maximum atomic E-state index is 12.7. The first kappa shape index (κ1) is 20.6. The molecule has 2 fully saturated rings. The molecule has 0 unspecified atom stereocenters. The van der Waals surface area contributed by atoms with Gasteiger partial charge in [-0.3, -0.25) is 0 Å². The molecular weight excluding hydrogens is 410 g/mol. The average molecular weight is 436 g/mol. The summed E-state index contributed by atoms with van der Waals surface area (Å²) in [6.45, 7) is 3.31. The second-order valence-corrected chi connectivity index (χ2v) is 10.1. The van der Waals surface area contributed by atoms with Crippen LogP contribution in [0.3, 0.4) is 0 Å². The molecule has 2 aliphatic heterocycles. The molecule has 1 N–H and O–H groups in total. The highest BCUT2D eigenvalue weighted by atomic mass is 35.5. The van der Waals surface area contributed by atoms with Gasteiger partial charge < -0.3 is 10.1 Å². The zero-order valence-electron chi connectivity index (χ0n) is 16.3. The van der Waals surface area contributed by atoms with Gasteiger partial charge in [0, 0.05) is 49.5 Å². The number of benzene rings is 1. The van der Waals surface area contributed by atoms with Crippen molar-refractivity contribution in [2.75, 3.05) is 38.2 Å². The number of pyridine rings is 1. The van der Waals surface area contributed by atoms with Crippen LogP contribution in [0.5, 0.6) is 0 Å². The molecule has 6 nitrogen and oxygen atoms in total. The molecule has 2 aromatic rings. The van der Waals surface area contributed by atoms with Gasteiger partial charge in [-0.05, 0) is 55.5 Å². The lowest BCUT2D eigenvalue weighted by atomic mass is 9.74. The molecule has 0 spiro atoms. The predicted octanol–water partition coefficient (Wildman–Crippen LogP) is 3.68. The molecule has 1 aromatic heterocycles. The van der Waals surface area contributed by atoms with Crippen molar-refractivity contribution in [3.63, 3.8) is 0 Å². The van der Waals surface area contributed by atoms with Crippen LogP contribution in [0.25, 0.3) is 0 Å². The van der Waals surface area contributed by atoms with E-state index < -0.39 is 10.0 Å². The van der Waals surface area contributed by atoms with E-state index in [0.717, 1.165) is 30.7 Å². The molecule has 2 saturated heterocycles. The molecule has 156 valence electrons. The smallest absolute Gasteiger partial charge is 0.244 e. The first-order valence-electron chi connectivity index (χ1n) is 10.0. The number of aromatic nitrogens is 1. The highest BCUT2D eigenvalue weighted by Gasteiger charge is 2.34. The van der Waals surface area contributed by atoms with E-state index in [2.05, 4.69) is 22.4 Å². The Morgan fingerprint density at radius 2 is 1.76 bits per heavy atom. The summed E-state index contributed by atoms with van der Waals surface area (Å²) < 4.78 is 32.4. The molecule has 29 heavy (non-hydrogen) atoms. The maximum Gasteiger partial charge on any atom is 0.244 e. The minimum Gasteiger partial charge on any atom is -0.381 e. The normalized spacial score (nSPS) is 19.9. The van der Waals surface area contributed by atoms with Crippen LogP contribution in [0, 0.1) is 0 Å². The van der Waals surface area contributed by atoms with Crippen LogP contribution in [-0.2, 0) is 20.2 Å². The van der Waals surface area contributed by atoms with Crippen molar-refractivity contribution in [3.8, 4) is 0 Å². The molecule has 4 rings (SSSR count). The standard InChI is InChI=1S/C21H26ClN3O3S/c22-18-5-3-17(4-6-18)21(9-13-28-14-10-21)16-24-20-8-7-19(15-23-20)29(26,27)25-11-1-2-12-25/h3-8,15H,1-2,9-14,16H2,(H,23,24). The summed E-state index contributed by atoms with van der Waals surface area (Å²) in [4.78, 5) is 4.62. The Hall–Kier alpha value is -1.67. The Morgan fingerprint density at radius 3 is 2.38 bits per heavy atom. The number of halogens is 1. The number of anilines is 1. The summed E-state index contributed by atoms with van der Waals surface area (Å²) in [6.07, 6.45) is 5.10. The minimum atomic E-state index is -3.44. The maximum absolute atomic E-state index is 12.7. The van der Waals surface area contributed by atoms with Crippen LogP contribution >= 0.6 is 11.6 Å². The van der Waals surface area contributed by atoms with Crippen LogP contribution in [0.2, 0.25) is 5.02 Å². The summed E-state index contributed by atoms with van der Waals surface area (Å²) >= 11 is 6.06. The lowest BCUT2D eigenvalue weighted by Gasteiger charge is -2.38. The zero-order valence-corrected chi connectivity index (χ0v) is 17.9. The summed E-state index contributed by atoms with van der Waals surface area (Å²) in [5.41, 5.74) is 1.16. The van der Waals surface area contributed by atoms with Gasteiger partial charge in [-0.1, -0.05) is 23.7 Å². The summed E-state index contributed by atoms with van der Waals surface area (Å²) in [5.74, 6) is 0.671. The van der Waals surface area contributed by atoms with E-state index in [0.29, 0.717) is 38.7 Å². The van der Waals surface area contributed by atoms with Gasteiger partial charge in [-0.2, -0.15) is 4.31 Å². The molecule has 1 aromatic carbocycles. The largest absolute Gasteiger partial charge is 0.381 e. The van der Waals surface area contributed by atoms with Gasteiger partial charge in [-0.25, -0.2) is 13.4 Å². The first-order chi connectivity index (χ1) is 14.0. The fraction of sp³-hybridized carbons (Fsp3) is 0.476. The molecular formula is C21H26ClN3O3S. The second-order valence-electron chi connectivity index (χ2n) is 7.74. The highest BCUT2D eigenvalue weighted by Crippen LogP contribution is 2.35. The molecule has 8 heteroatoms. The molecule has 0 amide bonds. The van der Waals surface area contributed by atoms with Gasteiger partial charge in [0.25, 0.3) is 0 Å². The van der Waals surface area contributed by atoms with E-state index in [1.165, 1.54) is 16.1 Å². The Labute approximate surface area is 177 Å². The van der Waals surface area contributed by atoms with Gasteiger partial charge in [0.05, 0.1) is 0 Å². The number of hydrogen-bond donors (Lipinski definition) is 1. The Morgan fingerprint density at radius 1 is 1.07 bits per heavy atom. The van der Waals surface area contributed by atoms with Gasteiger partial charge >= 0.3 is 0 Å². The number of hydrogen-bond acceptors (Lipinski definition) is 5. The highest BCUT2D eigenvalue weighted by molar-refractivity contribution is 7.89. The van der Waals surface area contributed by atoms with E-state index in [1.54, 1.807) is 12.1 Å². The average Bonchev–Trinajstić information content (AvgIpc) is 3.30. The predicted molar refractivity (Wildman–Crippen MR) is 114 cm³/mol. The van der Waals surface area contributed by atoms with Crippen LogP contribution in [-0.4, -0.2) is 50.6 Å². The fourth-order valence-corrected chi connectivity index (χ4v) is 5.70. The summed E-state index contributed by atoms with van der Waals surface area (Å²) in [6, 6.07) is 11.4. The minimum absolute atomic E-state index is 0.0647. The van der Waals surface area contributed by atoms with Crippen molar-refractivity contribution in [3.05, 3.63) is 53.2 Å². The zero-order chi connectivity index (χ0) is 20.3. The van der Waals surface area contributed by atoms with Crippen molar-refractivity contribution in [2.45, 2.75) is 36.0 Å². The van der Waals surface area contributed by atoms with Crippen molar-refractivity contribution in [2.24, 2.45) is 0 Å². The van der Waals surface area contributed by atoms with Gasteiger partial charge in [0.2, 0.25) is 10.0 Å². The third-order valence-electron chi connectivity index (χ3n) is 5.95. The SMILES string of the molecule is O=S(=O)(c1ccc(NCC2(c3ccc(Cl)cc3)CCOCC2)nc1)N1CCCC1. The van der Waals surface area contributed by atoms with Crippen LogP contribution in [0.4, 0.5) is 5.82 Å².